The number of methoxy groups -OCH3 is 1. The van der Waals surface area contributed by atoms with Crippen molar-refractivity contribution in [1.29, 1.82) is 0 Å². The summed E-state index contributed by atoms with van der Waals surface area (Å²) in [7, 11) is 1.63. The molecule has 0 atom stereocenters. The Morgan fingerprint density at radius 3 is 2.66 bits per heavy atom. The van der Waals surface area contributed by atoms with Crippen molar-refractivity contribution in [1.82, 2.24) is 4.98 Å². The van der Waals surface area contributed by atoms with Crippen molar-refractivity contribution in [3.8, 4) is 11.5 Å². The molecule has 0 aliphatic heterocycles. The Morgan fingerprint density at radius 1 is 1.17 bits per heavy atom. The molecule has 7 heteroatoms. The zero-order valence-electron chi connectivity index (χ0n) is 16.8. The Bertz CT molecular complexity index is 1050. The predicted octanol–water partition coefficient (Wildman–Crippen LogP) is 5.63. The Morgan fingerprint density at radius 2 is 1.97 bits per heavy atom. The molecule has 3 rings (SSSR count). The fourth-order valence-electron chi connectivity index (χ4n) is 3.06. The maximum absolute atomic E-state index is 12.6. The Hall–Kier alpha value is -2.80. The maximum Gasteiger partial charge on any atom is 0.341 e. The lowest BCUT2D eigenvalue weighted by atomic mass is 10.1. The highest BCUT2D eigenvalue weighted by Crippen LogP contribution is 2.37. The van der Waals surface area contributed by atoms with Crippen molar-refractivity contribution >= 4 is 44.2 Å². The van der Waals surface area contributed by atoms with Crippen LogP contribution >= 0.6 is 15.9 Å². The van der Waals surface area contributed by atoms with Crippen LogP contribution in [0.2, 0.25) is 0 Å². The van der Waals surface area contributed by atoms with Crippen LogP contribution in [0.25, 0.3) is 10.9 Å². The first-order valence-corrected chi connectivity index (χ1v) is 10.1. The quantitative estimate of drug-likeness (QED) is 0.462. The monoisotopic (exact) mass is 458 g/mol. The second-order valence-electron chi connectivity index (χ2n) is 6.26. The van der Waals surface area contributed by atoms with Crippen LogP contribution in [-0.4, -0.2) is 31.3 Å². The molecule has 152 valence electrons. The minimum atomic E-state index is -0.435. The largest absolute Gasteiger partial charge is 0.496 e. The molecule has 1 N–H and O–H groups in total. The number of rotatable bonds is 7. The van der Waals surface area contributed by atoms with E-state index < -0.39 is 5.97 Å². The van der Waals surface area contributed by atoms with E-state index in [1.807, 2.05) is 44.2 Å². The van der Waals surface area contributed by atoms with Gasteiger partial charge in [-0.2, -0.15) is 0 Å². The lowest BCUT2D eigenvalue weighted by Gasteiger charge is -2.17. The van der Waals surface area contributed by atoms with Crippen LogP contribution in [0.15, 0.2) is 41.0 Å². The minimum absolute atomic E-state index is 0.279. The molecule has 1 heterocycles. The molecule has 29 heavy (non-hydrogen) atoms. The lowest BCUT2D eigenvalue weighted by molar-refractivity contribution is 0.0527. The third kappa shape index (κ3) is 4.29. The first-order chi connectivity index (χ1) is 14.0. The van der Waals surface area contributed by atoms with E-state index in [-0.39, 0.29) is 6.61 Å². The van der Waals surface area contributed by atoms with E-state index in [9.17, 15) is 4.79 Å². The van der Waals surface area contributed by atoms with E-state index in [4.69, 9.17) is 14.2 Å². The number of hydrogen-bond donors (Lipinski definition) is 1. The molecule has 3 aromatic rings. The molecule has 2 aromatic carbocycles. The molecule has 6 nitrogen and oxygen atoms in total. The van der Waals surface area contributed by atoms with E-state index in [2.05, 4.69) is 26.2 Å². The van der Waals surface area contributed by atoms with Crippen molar-refractivity contribution in [3.05, 3.63) is 52.1 Å². The van der Waals surface area contributed by atoms with Crippen LogP contribution in [0.4, 0.5) is 11.4 Å². The number of benzene rings is 2. The highest BCUT2D eigenvalue weighted by Gasteiger charge is 2.19. The van der Waals surface area contributed by atoms with Crippen LogP contribution < -0.4 is 14.8 Å². The summed E-state index contributed by atoms with van der Waals surface area (Å²) in [6.45, 7) is 6.47. The number of carbonyl (C=O) groups is 1. The van der Waals surface area contributed by atoms with Crippen molar-refractivity contribution in [2.75, 3.05) is 25.6 Å². The number of halogens is 1. The SMILES string of the molecule is CCOC(=O)c1cnc2cc(OCC)c(Br)cc2c1Nc1cccc(OC)c1C. The molecule has 0 spiro atoms. The highest BCUT2D eigenvalue weighted by atomic mass is 79.9. The first kappa shape index (κ1) is 20.9. The molecular formula is C22H23BrN2O4. The summed E-state index contributed by atoms with van der Waals surface area (Å²) in [4.78, 5) is 17.1. The Kier molecular flexibility index (Phi) is 6.59. The Labute approximate surface area is 178 Å². The molecule has 0 amide bonds. The van der Waals surface area contributed by atoms with Gasteiger partial charge in [-0.05, 0) is 54.9 Å². The number of esters is 1. The van der Waals surface area contributed by atoms with Crippen LogP contribution in [0.3, 0.4) is 0 Å². The van der Waals surface area contributed by atoms with Gasteiger partial charge in [0, 0.05) is 28.9 Å². The molecule has 0 saturated heterocycles. The number of carbonyl (C=O) groups excluding carboxylic acids is 1. The van der Waals surface area contributed by atoms with Gasteiger partial charge in [-0.25, -0.2) is 4.79 Å². The van der Waals surface area contributed by atoms with E-state index in [0.29, 0.717) is 29.1 Å². The topological polar surface area (TPSA) is 69.7 Å². The summed E-state index contributed by atoms with van der Waals surface area (Å²) in [5.41, 5.74) is 3.44. The van der Waals surface area contributed by atoms with Crippen molar-refractivity contribution in [3.63, 3.8) is 0 Å². The van der Waals surface area contributed by atoms with Gasteiger partial charge < -0.3 is 19.5 Å². The van der Waals surface area contributed by atoms with Crippen LogP contribution in [0, 0.1) is 6.92 Å². The molecule has 0 fully saturated rings. The highest BCUT2D eigenvalue weighted by molar-refractivity contribution is 9.10. The van der Waals surface area contributed by atoms with Gasteiger partial charge in [0.25, 0.3) is 0 Å². The van der Waals surface area contributed by atoms with Crippen LogP contribution in [0.1, 0.15) is 29.8 Å². The van der Waals surface area contributed by atoms with Gasteiger partial charge >= 0.3 is 5.97 Å². The van der Waals surface area contributed by atoms with Gasteiger partial charge in [0.05, 0.1) is 36.0 Å². The number of fused-ring (bicyclic) bond motifs is 1. The average Bonchev–Trinajstić information content (AvgIpc) is 2.71. The molecule has 0 unspecified atom stereocenters. The zero-order chi connectivity index (χ0) is 21.0. The second kappa shape index (κ2) is 9.13. The number of hydrogen-bond acceptors (Lipinski definition) is 6. The average molecular weight is 459 g/mol. The summed E-state index contributed by atoms with van der Waals surface area (Å²) >= 11 is 3.55. The fraction of sp³-hybridized carbons (Fsp3) is 0.273. The summed E-state index contributed by atoms with van der Waals surface area (Å²) in [6, 6.07) is 9.46. The first-order valence-electron chi connectivity index (χ1n) is 9.32. The zero-order valence-corrected chi connectivity index (χ0v) is 18.4. The predicted molar refractivity (Wildman–Crippen MR) is 118 cm³/mol. The van der Waals surface area contributed by atoms with Crippen LogP contribution in [0.5, 0.6) is 11.5 Å². The molecule has 0 aliphatic carbocycles. The molecule has 1 aromatic heterocycles. The van der Waals surface area contributed by atoms with E-state index in [1.165, 1.54) is 6.20 Å². The molecular weight excluding hydrogens is 436 g/mol. The summed E-state index contributed by atoms with van der Waals surface area (Å²) < 4.78 is 17.1. The summed E-state index contributed by atoms with van der Waals surface area (Å²) in [5.74, 6) is 1.01. The minimum Gasteiger partial charge on any atom is -0.496 e. The van der Waals surface area contributed by atoms with Gasteiger partial charge in [-0.1, -0.05) is 6.07 Å². The van der Waals surface area contributed by atoms with E-state index in [0.717, 1.165) is 26.9 Å². The van der Waals surface area contributed by atoms with Gasteiger partial charge in [0.1, 0.15) is 17.1 Å². The number of nitrogens with one attached hydrogen (secondary N) is 1. The van der Waals surface area contributed by atoms with Crippen molar-refractivity contribution in [2.24, 2.45) is 0 Å². The molecule has 0 aliphatic rings. The van der Waals surface area contributed by atoms with Crippen molar-refractivity contribution < 1.29 is 19.0 Å². The third-order valence-corrected chi connectivity index (χ3v) is 5.10. The Balaban J connectivity index is 2.21. The van der Waals surface area contributed by atoms with Gasteiger partial charge in [-0.15, -0.1) is 0 Å². The normalized spacial score (nSPS) is 10.7. The number of ether oxygens (including phenoxy) is 3. The standard InChI is InChI=1S/C22H23BrN2O4/c1-5-28-20-11-18-14(10-16(20)23)21(15(12-24-18)22(26)29-6-2)25-17-8-7-9-19(27-4)13(17)3/h7-12H,5-6H2,1-4H3,(H,24,25). The number of anilines is 2. The molecule has 0 radical (unpaired) electrons. The van der Waals surface area contributed by atoms with E-state index >= 15 is 0 Å². The smallest absolute Gasteiger partial charge is 0.341 e. The fourth-order valence-corrected chi connectivity index (χ4v) is 3.52. The van der Waals surface area contributed by atoms with Crippen LogP contribution in [-0.2, 0) is 4.74 Å². The molecule has 0 saturated carbocycles. The molecule has 0 bridgehead atoms. The van der Waals surface area contributed by atoms with E-state index in [1.54, 1.807) is 14.0 Å². The van der Waals surface area contributed by atoms with Gasteiger partial charge in [0.15, 0.2) is 0 Å². The van der Waals surface area contributed by atoms with Crippen molar-refractivity contribution in [2.45, 2.75) is 20.8 Å². The summed E-state index contributed by atoms with van der Waals surface area (Å²) in [6.07, 6.45) is 1.53. The van der Waals surface area contributed by atoms with Gasteiger partial charge in [-0.3, -0.25) is 4.98 Å². The lowest BCUT2D eigenvalue weighted by Crippen LogP contribution is -2.10. The van der Waals surface area contributed by atoms with Gasteiger partial charge in [0.2, 0.25) is 0 Å². The number of pyridine rings is 1. The second-order valence-corrected chi connectivity index (χ2v) is 7.11. The summed E-state index contributed by atoms with van der Waals surface area (Å²) in [5, 5.41) is 4.17. The number of nitrogens with zero attached hydrogens (tertiary/aromatic N) is 1. The third-order valence-electron chi connectivity index (χ3n) is 4.48. The maximum atomic E-state index is 12.6. The number of aromatic nitrogens is 1.